The van der Waals surface area contributed by atoms with Crippen molar-refractivity contribution in [2.24, 2.45) is 4.99 Å². The van der Waals surface area contributed by atoms with Crippen LogP contribution in [0.3, 0.4) is 0 Å². The number of rotatable bonds is 5. The third kappa shape index (κ3) is 6.25. The molecule has 0 saturated carbocycles. The Morgan fingerprint density at radius 2 is 1.12 bits per heavy atom. The molecule has 7 aromatic carbocycles. The molecule has 1 heterocycles. The van der Waals surface area contributed by atoms with Gasteiger partial charge in [-0.2, -0.15) is 0 Å². The van der Waals surface area contributed by atoms with Gasteiger partial charge in [0.1, 0.15) is 5.52 Å². The quantitative estimate of drug-likeness (QED) is 0.136. The van der Waals surface area contributed by atoms with Crippen LogP contribution in [0.4, 0.5) is 5.69 Å². The minimum atomic E-state index is 0.0306. The summed E-state index contributed by atoms with van der Waals surface area (Å²) in [6, 6.07) is 49.5. The summed E-state index contributed by atoms with van der Waals surface area (Å²) in [5.41, 5.74) is 11.5. The standard InChI is InChI=1S/C48H42N2O/c1-47(2,3)35-26-31(27-36(29-35)48(4,5)6)30-49-43-20-12-11-18-41(43)46-50-45-38(19-13-21-44(45)51-46)32-22-24-33(25-23-32)42-28-34-14-7-8-15-37(34)39-16-9-10-17-40(39)42/h7-30H,1-6H3. The van der Waals surface area contributed by atoms with E-state index in [1.54, 1.807) is 0 Å². The highest BCUT2D eigenvalue weighted by Crippen LogP contribution is 2.39. The minimum Gasteiger partial charge on any atom is -0.436 e. The van der Waals surface area contributed by atoms with Gasteiger partial charge in [0.05, 0.1) is 11.3 Å². The molecule has 250 valence electrons. The SMILES string of the molecule is CC(C)(C)c1cc(C=Nc2ccccc2-c2nc3c(-c4ccc(-c5cc6ccccc6c6ccccc56)cc4)cccc3o2)cc(C(C)(C)C)c1. The van der Waals surface area contributed by atoms with Crippen molar-refractivity contribution < 1.29 is 4.42 Å². The number of aliphatic imine (C=N–C) groups is 1. The van der Waals surface area contributed by atoms with Gasteiger partial charge in [-0.1, -0.05) is 145 Å². The molecule has 0 fully saturated rings. The smallest absolute Gasteiger partial charge is 0.229 e. The Labute approximate surface area is 300 Å². The highest BCUT2D eigenvalue weighted by atomic mass is 16.3. The maximum Gasteiger partial charge on any atom is 0.229 e. The maximum absolute atomic E-state index is 6.43. The summed E-state index contributed by atoms with van der Waals surface area (Å²) in [5.74, 6) is 0.559. The average molecular weight is 663 g/mol. The summed E-state index contributed by atoms with van der Waals surface area (Å²) in [4.78, 5) is 10.1. The second-order valence-electron chi connectivity index (χ2n) is 15.6. The van der Waals surface area contributed by atoms with Crippen molar-refractivity contribution in [2.75, 3.05) is 0 Å². The number of fused-ring (bicyclic) bond motifs is 4. The first-order valence-electron chi connectivity index (χ1n) is 17.7. The Hall–Kier alpha value is -5.80. The number of hydrogen-bond acceptors (Lipinski definition) is 3. The molecule has 0 N–H and O–H groups in total. The van der Waals surface area contributed by atoms with Crippen LogP contribution in [0.25, 0.3) is 66.4 Å². The zero-order valence-corrected chi connectivity index (χ0v) is 30.2. The molecule has 51 heavy (non-hydrogen) atoms. The summed E-state index contributed by atoms with van der Waals surface area (Å²) in [5, 5.41) is 5.05. The predicted molar refractivity (Wildman–Crippen MR) is 216 cm³/mol. The van der Waals surface area contributed by atoms with E-state index in [-0.39, 0.29) is 10.8 Å². The highest BCUT2D eigenvalue weighted by molar-refractivity contribution is 6.13. The van der Waals surface area contributed by atoms with Gasteiger partial charge >= 0.3 is 0 Å². The molecule has 0 aliphatic heterocycles. The lowest BCUT2D eigenvalue weighted by atomic mass is 9.79. The van der Waals surface area contributed by atoms with E-state index < -0.39 is 0 Å². The Balaban J connectivity index is 1.15. The van der Waals surface area contributed by atoms with E-state index in [9.17, 15) is 0 Å². The summed E-state index contributed by atoms with van der Waals surface area (Å²) < 4.78 is 6.43. The number of aromatic nitrogens is 1. The number of benzene rings is 7. The Kier molecular flexibility index (Phi) is 7.95. The van der Waals surface area contributed by atoms with E-state index in [4.69, 9.17) is 14.4 Å². The molecule has 0 amide bonds. The van der Waals surface area contributed by atoms with Crippen LogP contribution in [0.5, 0.6) is 0 Å². The lowest BCUT2D eigenvalue weighted by Crippen LogP contribution is -2.17. The fourth-order valence-electron chi connectivity index (χ4n) is 6.92. The molecule has 8 rings (SSSR count). The molecule has 0 aliphatic carbocycles. The molecule has 8 aromatic rings. The molecule has 0 bridgehead atoms. The van der Waals surface area contributed by atoms with E-state index >= 15 is 0 Å². The largest absolute Gasteiger partial charge is 0.436 e. The van der Waals surface area contributed by atoms with E-state index in [1.165, 1.54) is 43.8 Å². The normalized spacial score (nSPS) is 12.4. The summed E-state index contributed by atoms with van der Waals surface area (Å²) >= 11 is 0. The third-order valence-electron chi connectivity index (χ3n) is 9.87. The Morgan fingerprint density at radius 3 is 1.82 bits per heavy atom. The maximum atomic E-state index is 6.43. The molecule has 0 saturated heterocycles. The Morgan fingerprint density at radius 1 is 0.529 bits per heavy atom. The second-order valence-corrected chi connectivity index (χ2v) is 15.6. The van der Waals surface area contributed by atoms with Crippen molar-refractivity contribution in [3.63, 3.8) is 0 Å². The minimum absolute atomic E-state index is 0.0306. The molecule has 0 spiro atoms. The first kappa shape index (κ1) is 32.4. The van der Waals surface area contributed by atoms with Gasteiger partial charge in [-0.3, -0.25) is 4.99 Å². The molecule has 0 unspecified atom stereocenters. The fraction of sp³-hybridized carbons (Fsp3) is 0.167. The summed E-state index contributed by atoms with van der Waals surface area (Å²) in [6.07, 6.45) is 1.97. The van der Waals surface area contributed by atoms with Crippen molar-refractivity contribution in [1.29, 1.82) is 0 Å². The van der Waals surface area contributed by atoms with Gasteiger partial charge in [0.2, 0.25) is 5.89 Å². The summed E-state index contributed by atoms with van der Waals surface area (Å²) in [6.45, 7) is 13.5. The van der Waals surface area contributed by atoms with Crippen LogP contribution in [-0.2, 0) is 10.8 Å². The van der Waals surface area contributed by atoms with Gasteiger partial charge in [-0.15, -0.1) is 0 Å². The van der Waals surface area contributed by atoms with Crippen LogP contribution in [-0.4, -0.2) is 11.2 Å². The van der Waals surface area contributed by atoms with Crippen LogP contribution >= 0.6 is 0 Å². The monoisotopic (exact) mass is 662 g/mol. The van der Waals surface area contributed by atoms with Crippen molar-refractivity contribution in [3.05, 3.63) is 156 Å². The van der Waals surface area contributed by atoms with Crippen molar-refractivity contribution in [2.45, 2.75) is 52.4 Å². The predicted octanol–water partition coefficient (Wildman–Crippen LogP) is 13.5. The molecule has 3 heteroatoms. The number of oxazole rings is 1. The molecule has 1 aromatic heterocycles. The fourth-order valence-corrected chi connectivity index (χ4v) is 6.92. The molecule has 0 radical (unpaired) electrons. The van der Waals surface area contributed by atoms with Gasteiger partial charge in [-0.05, 0) is 102 Å². The highest BCUT2D eigenvalue weighted by Gasteiger charge is 2.21. The van der Waals surface area contributed by atoms with Crippen LogP contribution < -0.4 is 0 Å². The van der Waals surface area contributed by atoms with Gasteiger partial charge in [-0.25, -0.2) is 4.98 Å². The first-order chi connectivity index (χ1) is 24.5. The van der Waals surface area contributed by atoms with Gasteiger partial charge in [0, 0.05) is 11.8 Å². The lowest BCUT2D eigenvalue weighted by Gasteiger charge is -2.25. The molecular weight excluding hydrogens is 621 g/mol. The zero-order chi connectivity index (χ0) is 35.3. The molecular formula is C48H42N2O. The zero-order valence-electron chi connectivity index (χ0n) is 30.2. The van der Waals surface area contributed by atoms with Crippen LogP contribution in [0.2, 0.25) is 0 Å². The Bertz CT molecular complexity index is 2560. The average Bonchev–Trinajstić information content (AvgIpc) is 3.58. The van der Waals surface area contributed by atoms with Crippen LogP contribution in [0.1, 0.15) is 58.2 Å². The van der Waals surface area contributed by atoms with Gasteiger partial charge < -0.3 is 4.42 Å². The second kappa shape index (κ2) is 12.5. The topological polar surface area (TPSA) is 38.4 Å². The molecule has 0 atom stereocenters. The van der Waals surface area contributed by atoms with E-state index in [1.807, 2.05) is 42.6 Å². The molecule has 0 aliphatic rings. The van der Waals surface area contributed by atoms with Crippen molar-refractivity contribution >= 4 is 44.5 Å². The van der Waals surface area contributed by atoms with Gasteiger partial charge in [0.15, 0.2) is 5.58 Å². The van der Waals surface area contributed by atoms with Gasteiger partial charge in [0.25, 0.3) is 0 Å². The number of para-hydroxylation sites is 2. The number of nitrogens with zero attached hydrogens (tertiary/aromatic N) is 2. The summed E-state index contributed by atoms with van der Waals surface area (Å²) in [7, 11) is 0. The van der Waals surface area contributed by atoms with Crippen LogP contribution in [0.15, 0.2) is 149 Å². The van der Waals surface area contributed by atoms with E-state index in [0.717, 1.165) is 39.0 Å². The lowest BCUT2D eigenvalue weighted by molar-refractivity contribution is 0.568. The first-order valence-corrected chi connectivity index (χ1v) is 17.7. The van der Waals surface area contributed by atoms with E-state index in [2.05, 4.69) is 145 Å². The number of hydrogen-bond donors (Lipinski definition) is 0. The third-order valence-corrected chi connectivity index (χ3v) is 9.87. The van der Waals surface area contributed by atoms with Crippen LogP contribution in [0, 0.1) is 0 Å². The van der Waals surface area contributed by atoms with E-state index in [0.29, 0.717) is 5.89 Å². The molecule has 3 nitrogen and oxygen atoms in total. The van der Waals surface area contributed by atoms with Crippen molar-refractivity contribution in [1.82, 2.24) is 4.98 Å². The van der Waals surface area contributed by atoms with Crippen molar-refractivity contribution in [3.8, 4) is 33.7 Å².